The maximum absolute atomic E-state index is 12.0. The van der Waals surface area contributed by atoms with Gasteiger partial charge in [0.15, 0.2) is 0 Å². The quantitative estimate of drug-likeness (QED) is 0.706. The van der Waals surface area contributed by atoms with E-state index in [1.807, 2.05) is 25.1 Å². The summed E-state index contributed by atoms with van der Waals surface area (Å²) in [5.74, 6) is -0.00680. The highest BCUT2D eigenvalue weighted by molar-refractivity contribution is 6.09. The van der Waals surface area contributed by atoms with E-state index in [1.54, 1.807) is 11.0 Å². The summed E-state index contributed by atoms with van der Waals surface area (Å²) in [6.45, 7) is 1.90. The highest BCUT2D eigenvalue weighted by Gasteiger charge is 2.42. The van der Waals surface area contributed by atoms with Crippen molar-refractivity contribution in [2.24, 2.45) is 5.92 Å². The Bertz CT molecular complexity index is 484. The van der Waals surface area contributed by atoms with Gasteiger partial charge in [-0.3, -0.25) is 14.5 Å². The van der Waals surface area contributed by atoms with E-state index in [2.05, 4.69) is 5.32 Å². The molecule has 4 heteroatoms. The Morgan fingerprint density at radius 1 is 1.31 bits per heavy atom. The fraction of sp³-hybridized carbons (Fsp3) is 0.333. The molecular weight excluding hydrogens is 204 g/mol. The van der Waals surface area contributed by atoms with Crippen LogP contribution in [0.25, 0.3) is 0 Å². The van der Waals surface area contributed by atoms with Gasteiger partial charge in [-0.15, -0.1) is 0 Å². The second kappa shape index (κ2) is 3.07. The maximum atomic E-state index is 12.0. The van der Waals surface area contributed by atoms with Crippen molar-refractivity contribution in [3.8, 4) is 0 Å². The van der Waals surface area contributed by atoms with Gasteiger partial charge in [0, 0.05) is 5.92 Å². The van der Waals surface area contributed by atoms with Crippen molar-refractivity contribution in [1.82, 2.24) is 5.32 Å². The van der Waals surface area contributed by atoms with E-state index in [4.69, 9.17) is 0 Å². The summed E-state index contributed by atoms with van der Waals surface area (Å²) in [5, 5.41) is 2.86. The average molecular weight is 216 g/mol. The Kier molecular flexibility index (Phi) is 1.80. The largest absolute Gasteiger partial charge is 0.331 e. The number of hydrogen-bond acceptors (Lipinski definition) is 2. The molecule has 0 aromatic heterocycles. The Morgan fingerprint density at radius 3 is 2.88 bits per heavy atom. The molecule has 2 amide bonds. The Labute approximate surface area is 93.2 Å². The fourth-order valence-electron chi connectivity index (χ4n) is 2.45. The van der Waals surface area contributed by atoms with Gasteiger partial charge in [0.1, 0.15) is 6.17 Å². The minimum Gasteiger partial charge on any atom is -0.331 e. The summed E-state index contributed by atoms with van der Waals surface area (Å²) in [7, 11) is 0. The van der Waals surface area contributed by atoms with E-state index in [-0.39, 0.29) is 23.9 Å². The lowest BCUT2D eigenvalue weighted by molar-refractivity contribution is -0.120. The van der Waals surface area contributed by atoms with Crippen molar-refractivity contribution in [2.45, 2.75) is 19.5 Å². The van der Waals surface area contributed by atoms with Crippen LogP contribution in [0.5, 0.6) is 0 Å². The standard InChI is InChI=1S/C12H12N2O2/c1-7-6-10-13-11(15)8-4-2-3-5-9(8)14(10)12(7)16/h2-5,7,10H,6H2,1H3,(H,13,15). The third-order valence-corrected chi connectivity index (χ3v) is 3.25. The van der Waals surface area contributed by atoms with Crippen LogP contribution in [0, 0.1) is 5.92 Å². The van der Waals surface area contributed by atoms with Crippen molar-refractivity contribution < 1.29 is 9.59 Å². The average Bonchev–Trinajstić information content (AvgIpc) is 2.55. The van der Waals surface area contributed by atoms with Crippen LogP contribution in [0.4, 0.5) is 5.69 Å². The molecule has 4 nitrogen and oxygen atoms in total. The number of nitrogens with zero attached hydrogens (tertiary/aromatic N) is 1. The van der Waals surface area contributed by atoms with E-state index in [0.29, 0.717) is 12.0 Å². The lowest BCUT2D eigenvalue weighted by atomic mass is 10.1. The number of nitrogens with one attached hydrogen (secondary N) is 1. The first-order valence-electron chi connectivity index (χ1n) is 5.41. The number of carbonyl (C=O) groups excluding carboxylic acids is 2. The third-order valence-electron chi connectivity index (χ3n) is 3.25. The van der Waals surface area contributed by atoms with Crippen LogP contribution < -0.4 is 10.2 Å². The van der Waals surface area contributed by atoms with E-state index in [1.165, 1.54) is 0 Å². The second-order valence-corrected chi connectivity index (χ2v) is 4.35. The first-order valence-corrected chi connectivity index (χ1v) is 5.41. The van der Waals surface area contributed by atoms with Crippen LogP contribution in [0.3, 0.4) is 0 Å². The summed E-state index contributed by atoms with van der Waals surface area (Å²) >= 11 is 0. The minimum absolute atomic E-state index is 0.0172. The van der Waals surface area contributed by atoms with Gasteiger partial charge in [-0.05, 0) is 18.6 Å². The van der Waals surface area contributed by atoms with Gasteiger partial charge in [-0.25, -0.2) is 0 Å². The molecule has 0 radical (unpaired) electrons. The second-order valence-electron chi connectivity index (χ2n) is 4.35. The maximum Gasteiger partial charge on any atom is 0.255 e. The number of benzene rings is 1. The number of anilines is 1. The SMILES string of the molecule is CC1CC2NC(=O)c3ccccc3N2C1=O. The lowest BCUT2D eigenvalue weighted by Gasteiger charge is -2.31. The molecule has 82 valence electrons. The molecule has 1 N–H and O–H groups in total. The van der Waals surface area contributed by atoms with E-state index in [0.717, 1.165) is 5.69 Å². The van der Waals surface area contributed by atoms with E-state index < -0.39 is 0 Å². The van der Waals surface area contributed by atoms with Crippen LogP contribution in [0.1, 0.15) is 23.7 Å². The van der Waals surface area contributed by atoms with Crippen molar-refractivity contribution in [1.29, 1.82) is 0 Å². The zero-order valence-electron chi connectivity index (χ0n) is 8.93. The fourth-order valence-corrected chi connectivity index (χ4v) is 2.45. The number of carbonyl (C=O) groups is 2. The topological polar surface area (TPSA) is 49.4 Å². The molecule has 2 atom stereocenters. The molecule has 0 saturated carbocycles. The van der Waals surface area contributed by atoms with E-state index >= 15 is 0 Å². The molecular formula is C12H12N2O2. The summed E-state index contributed by atoms with van der Waals surface area (Å²) < 4.78 is 0. The minimum atomic E-state index is -0.162. The normalized spacial score (nSPS) is 27.4. The molecule has 2 unspecified atom stereocenters. The zero-order valence-corrected chi connectivity index (χ0v) is 8.93. The van der Waals surface area contributed by atoms with E-state index in [9.17, 15) is 9.59 Å². The Hall–Kier alpha value is -1.84. The van der Waals surface area contributed by atoms with Crippen LogP contribution in [0.2, 0.25) is 0 Å². The summed E-state index contributed by atoms with van der Waals surface area (Å²) in [6, 6.07) is 7.24. The third kappa shape index (κ3) is 1.10. The number of hydrogen-bond donors (Lipinski definition) is 1. The first-order chi connectivity index (χ1) is 7.68. The number of fused-ring (bicyclic) bond motifs is 3. The van der Waals surface area contributed by atoms with Gasteiger partial charge >= 0.3 is 0 Å². The molecule has 2 heterocycles. The molecule has 0 aliphatic carbocycles. The van der Waals surface area contributed by atoms with Gasteiger partial charge < -0.3 is 5.32 Å². The predicted octanol–water partition coefficient (Wildman–Crippen LogP) is 1.13. The molecule has 2 aliphatic rings. The summed E-state index contributed by atoms with van der Waals surface area (Å²) in [4.78, 5) is 25.5. The molecule has 3 rings (SSSR count). The van der Waals surface area contributed by atoms with Gasteiger partial charge in [-0.2, -0.15) is 0 Å². The molecule has 0 spiro atoms. The number of amides is 2. The van der Waals surface area contributed by atoms with Crippen LogP contribution >= 0.6 is 0 Å². The highest BCUT2D eigenvalue weighted by atomic mass is 16.2. The zero-order chi connectivity index (χ0) is 11.3. The first kappa shape index (κ1) is 9.39. The van der Waals surface area contributed by atoms with Gasteiger partial charge in [-0.1, -0.05) is 19.1 Å². The van der Waals surface area contributed by atoms with Crippen molar-refractivity contribution in [3.05, 3.63) is 29.8 Å². The Morgan fingerprint density at radius 2 is 2.06 bits per heavy atom. The van der Waals surface area contributed by atoms with Gasteiger partial charge in [0.25, 0.3) is 5.91 Å². The van der Waals surface area contributed by atoms with Gasteiger partial charge in [0.2, 0.25) is 5.91 Å². The molecule has 1 fully saturated rings. The molecule has 0 bridgehead atoms. The number of rotatable bonds is 0. The van der Waals surface area contributed by atoms with Gasteiger partial charge in [0.05, 0.1) is 11.3 Å². The van der Waals surface area contributed by atoms with Crippen LogP contribution in [-0.2, 0) is 4.79 Å². The smallest absolute Gasteiger partial charge is 0.255 e. The summed E-state index contributed by atoms with van der Waals surface area (Å²) in [5.41, 5.74) is 1.33. The monoisotopic (exact) mass is 216 g/mol. The molecule has 16 heavy (non-hydrogen) atoms. The highest BCUT2D eigenvalue weighted by Crippen LogP contribution is 2.34. The summed E-state index contributed by atoms with van der Waals surface area (Å²) in [6.07, 6.45) is 0.531. The van der Waals surface area contributed by atoms with Crippen molar-refractivity contribution in [2.75, 3.05) is 4.90 Å². The molecule has 1 saturated heterocycles. The van der Waals surface area contributed by atoms with Crippen LogP contribution in [0.15, 0.2) is 24.3 Å². The molecule has 1 aromatic carbocycles. The molecule has 2 aliphatic heterocycles. The lowest BCUT2D eigenvalue weighted by Crippen LogP contribution is -2.50. The van der Waals surface area contributed by atoms with Crippen LogP contribution in [-0.4, -0.2) is 18.0 Å². The van der Waals surface area contributed by atoms with Crippen molar-refractivity contribution >= 4 is 17.5 Å². The Balaban J connectivity index is 2.15. The van der Waals surface area contributed by atoms with Crippen molar-refractivity contribution in [3.63, 3.8) is 0 Å². The number of para-hydroxylation sites is 1. The predicted molar refractivity (Wildman–Crippen MR) is 59.0 cm³/mol. The molecule has 1 aromatic rings.